The standard InChI is InChI=1S/C8H9FINO2S/c1-2-11-14(12,13)8-4-3-6(9)5-7(8)10/h3-5,11H,2H2,1H3. The highest BCUT2D eigenvalue weighted by Crippen LogP contribution is 2.18. The minimum absolute atomic E-state index is 0.112. The Hall–Kier alpha value is -0.210. The first-order valence-corrected chi connectivity index (χ1v) is 6.48. The molecule has 6 heteroatoms. The molecule has 0 aliphatic rings. The second-order valence-electron chi connectivity index (χ2n) is 2.58. The van der Waals surface area contributed by atoms with Gasteiger partial charge in [0.15, 0.2) is 0 Å². The van der Waals surface area contributed by atoms with Gasteiger partial charge in [-0.05, 0) is 40.8 Å². The van der Waals surface area contributed by atoms with Crippen molar-refractivity contribution < 1.29 is 12.8 Å². The number of hydrogen-bond donors (Lipinski definition) is 1. The molecule has 0 saturated carbocycles. The fourth-order valence-electron chi connectivity index (χ4n) is 0.961. The van der Waals surface area contributed by atoms with E-state index < -0.39 is 15.8 Å². The highest BCUT2D eigenvalue weighted by Gasteiger charge is 2.16. The molecule has 78 valence electrons. The quantitative estimate of drug-likeness (QED) is 0.859. The van der Waals surface area contributed by atoms with Crippen LogP contribution in [0, 0.1) is 9.39 Å². The minimum Gasteiger partial charge on any atom is -0.211 e. The molecule has 0 fully saturated rings. The molecule has 0 amide bonds. The second-order valence-corrected chi connectivity index (χ2v) is 5.47. The third-order valence-electron chi connectivity index (χ3n) is 1.52. The van der Waals surface area contributed by atoms with Gasteiger partial charge in [-0.2, -0.15) is 0 Å². The van der Waals surface area contributed by atoms with Gasteiger partial charge >= 0.3 is 0 Å². The van der Waals surface area contributed by atoms with Gasteiger partial charge in [0.25, 0.3) is 0 Å². The van der Waals surface area contributed by atoms with Crippen molar-refractivity contribution in [3.63, 3.8) is 0 Å². The predicted octanol–water partition coefficient (Wildman–Crippen LogP) is 1.73. The first kappa shape index (κ1) is 11.9. The van der Waals surface area contributed by atoms with E-state index in [0.29, 0.717) is 10.1 Å². The fourth-order valence-corrected chi connectivity index (χ4v) is 3.41. The maximum absolute atomic E-state index is 12.7. The maximum Gasteiger partial charge on any atom is 0.241 e. The second kappa shape index (κ2) is 4.54. The first-order chi connectivity index (χ1) is 6.47. The summed E-state index contributed by atoms with van der Waals surface area (Å²) in [6, 6.07) is 3.58. The van der Waals surface area contributed by atoms with Gasteiger partial charge in [0, 0.05) is 10.1 Å². The Balaban J connectivity index is 3.20. The Bertz CT molecular complexity index is 433. The van der Waals surface area contributed by atoms with E-state index >= 15 is 0 Å². The van der Waals surface area contributed by atoms with Crippen molar-refractivity contribution in [1.82, 2.24) is 4.72 Å². The van der Waals surface area contributed by atoms with Crippen LogP contribution < -0.4 is 4.72 Å². The van der Waals surface area contributed by atoms with Crippen molar-refractivity contribution in [2.75, 3.05) is 6.54 Å². The molecule has 1 rings (SSSR count). The predicted molar refractivity (Wildman–Crippen MR) is 60.0 cm³/mol. The maximum atomic E-state index is 12.7. The molecule has 0 atom stereocenters. The first-order valence-electron chi connectivity index (χ1n) is 3.92. The summed E-state index contributed by atoms with van der Waals surface area (Å²) in [5.74, 6) is -0.440. The van der Waals surface area contributed by atoms with E-state index in [9.17, 15) is 12.8 Å². The SMILES string of the molecule is CCNS(=O)(=O)c1ccc(F)cc1I. The number of sulfonamides is 1. The van der Waals surface area contributed by atoms with Crippen LogP contribution in [0.4, 0.5) is 4.39 Å². The number of rotatable bonds is 3. The van der Waals surface area contributed by atoms with Crippen molar-refractivity contribution in [2.45, 2.75) is 11.8 Å². The summed E-state index contributed by atoms with van der Waals surface area (Å²) < 4.78 is 38.5. The summed E-state index contributed by atoms with van der Waals surface area (Å²) in [4.78, 5) is 0.112. The topological polar surface area (TPSA) is 46.2 Å². The van der Waals surface area contributed by atoms with Gasteiger partial charge in [0.05, 0.1) is 4.90 Å². The van der Waals surface area contributed by atoms with Crippen LogP contribution in [-0.4, -0.2) is 15.0 Å². The monoisotopic (exact) mass is 329 g/mol. The van der Waals surface area contributed by atoms with Crippen LogP contribution in [0.3, 0.4) is 0 Å². The van der Waals surface area contributed by atoms with Crippen molar-refractivity contribution in [3.8, 4) is 0 Å². The van der Waals surface area contributed by atoms with Crippen LogP contribution in [0.25, 0.3) is 0 Å². The third-order valence-corrected chi connectivity index (χ3v) is 4.38. The summed E-state index contributed by atoms with van der Waals surface area (Å²) in [7, 11) is -3.48. The van der Waals surface area contributed by atoms with E-state index in [0.717, 1.165) is 6.07 Å². The summed E-state index contributed by atoms with van der Waals surface area (Å²) in [6.07, 6.45) is 0. The highest BCUT2D eigenvalue weighted by atomic mass is 127. The summed E-state index contributed by atoms with van der Waals surface area (Å²) in [5.41, 5.74) is 0. The number of nitrogens with one attached hydrogen (secondary N) is 1. The highest BCUT2D eigenvalue weighted by molar-refractivity contribution is 14.1. The molecule has 14 heavy (non-hydrogen) atoms. The van der Waals surface area contributed by atoms with Gasteiger partial charge in [-0.15, -0.1) is 0 Å². The number of halogens is 2. The molecule has 0 aliphatic carbocycles. The van der Waals surface area contributed by atoms with Crippen LogP contribution in [0.15, 0.2) is 23.1 Å². The Morgan fingerprint density at radius 3 is 2.64 bits per heavy atom. The molecule has 1 N–H and O–H groups in total. The minimum atomic E-state index is -3.48. The fraction of sp³-hybridized carbons (Fsp3) is 0.250. The van der Waals surface area contributed by atoms with Crippen LogP contribution in [0.2, 0.25) is 0 Å². The lowest BCUT2D eigenvalue weighted by atomic mass is 10.3. The van der Waals surface area contributed by atoms with E-state index in [2.05, 4.69) is 4.72 Å². The normalized spacial score (nSPS) is 11.6. The van der Waals surface area contributed by atoms with Crippen molar-refractivity contribution >= 4 is 32.6 Å². The van der Waals surface area contributed by atoms with Gasteiger partial charge in [-0.1, -0.05) is 6.92 Å². The van der Waals surface area contributed by atoms with Gasteiger partial charge in [0.1, 0.15) is 5.82 Å². The van der Waals surface area contributed by atoms with Gasteiger partial charge in [0.2, 0.25) is 10.0 Å². The lowest BCUT2D eigenvalue weighted by Gasteiger charge is -2.06. The van der Waals surface area contributed by atoms with Crippen molar-refractivity contribution in [3.05, 3.63) is 27.6 Å². The molecule has 0 aromatic heterocycles. The molecule has 0 aliphatic heterocycles. The van der Waals surface area contributed by atoms with E-state index in [4.69, 9.17) is 0 Å². The molecule has 0 radical (unpaired) electrons. The van der Waals surface area contributed by atoms with Gasteiger partial charge in [-0.3, -0.25) is 0 Å². The zero-order chi connectivity index (χ0) is 10.8. The Morgan fingerprint density at radius 1 is 1.50 bits per heavy atom. The summed E-state index contributed by atoms with van der Waals surface area (Å²) in [5, 5.41) is 0. The third kappa shape index (κ3) is 2.64. The molecule has 0 unspecified atom stereocenters. The van der Waals surface area contributed by atoms with E-state index in [-0.39, 0.29) is 4.90 Å². The average molecular weight is 329 g/mol. The Morgan fingerprint density at radius 2 is 2.14 bits per heavy atom. The summed E-state index contributed by atoms with van der Waals surface area (Å²) in [6.45, 7) is 2.00. The number of hydrogen-bond acceptors (Lipinski definition) is 2. The average Bonchev–Trinajstić information content (AvgIpc) is 2.02. The van der Waals surface area contributed by atoms with Crippen LogP contribution in [0.5, 0.6) is 0 Å². The molecule has 0 spiro atoms. The van der Waals surface area contributed by atoms with Crippen LogP contribution in [0.1, 0.15) is 6.92 Å². The lowest BCUT2D eigenvalue weighted by Crippen LogP contribution is -2.23. The van der Waals surface area contributed by atoms with Crippen molar-refractivity contribution in [1.29, 1.82) is 0 Å². The van der Waals surface area contributed by atoms with E-state index in [1.54, 1.807) is 29.5 Å². The molecule has 0 bridgehead atoms. The van der Waals surface area contributed by atoms with Crippen LogP contribution >= 0.6 is 22.6 Å². The largest absolute Gasteiger partial charge is 0.241 e. The molecular formula is C8H9FINO2S. The zero-order valence-corrected chi connectivity index (χ0v) is 10.4. The summed E-state index contributed by atoms with van der Waals surface area (Å²) >= 11 is 1.79. The lowest BCUT2D eigenvalue weighted by molar-refractivity contribution is 0.582. The smallest absolute Gasteiger partial charge is 0.211 e. The molecular weight excluding hydrogens is 320 g/mol. The molecule has 0 heterocycles. The molecule has 1 aromatic carbocycles. The molecule has 1 aromatic rings. The number of benzene rings is 1. The Labute approximate surface area is 95.9 Å². The van der Waals surface area contributed by atoms with Gasteiger partial charge in [-0.25, -0.2) is 17.5 Å². The Kier molecular flexibility index (Phi) is 3.85. The molecule has 0 saturated heterocycles. The van der Waals surface area contributed by atoms with E-state index in [1.807, 2.05) is 0 Å². The van der Waals surface area contributed by atoms with Crippen LogP contribution in [-0.2, 0) is 10.0 Å². The van der Waals surface area contributed by atoms with Crippen molar-refractivity contribution in [2.24, 2.45) is 0 Å². The van der Waals surface area contributed by atoms with E-state index in [1.165, 1.54) is 12.1 Å². The zero-order valence-electron chi connectivity index (χ0n) is 7.42. The molecule has 3 nitrogen and oxygen atoms in total. The van der Waals surface area contributed by atoms with Gasteiger partial charge < -0.3 is 0 Å².